The van der Waals surface area contributed by atoms with E-state index in [1.165, 1.54) is 86.9 Å². The summed E-state index contributed by atoms with van der Waals surface area (Å²) < 4.78 is 2.61. The maximum atomic E-state index is 2.53. The van der Waals surface area contributed by atoms with Crippen molar-refractivity contribution in [1.82, 2.24) is 0 Å². The van der Waals surface area contributed by atoms with E-state index in [0.717, 1.165) is 17.1 Å². The molecule has 0 amide bonds. The first-order valence-electron chi connectivity index (χ1n) is 19.7. The van der Waals surface area contributed by atoms with Crippen molar-refractivity contribution >= 4 is 48.6 Å². The molecule has 57 heavy (non-hydrogen) atoms. The second-order valence-corrected chi connectivity index (χ2v) is 16.3. The van der Waals surface area contributed by atoms with Gasteiger partial charge >= 0.3 is 0 Å². The predicted molar refractivity (Wildman–Crippen MR) is 241 cm³/mol. The van der Waals surface area contributed by atoms with Crippen LogP contribution in [0.4, 0.5) is 17.1 Å². The van der Waals surface area contributed by atoms with Gasteiger partial charge in [0.2, 0.25) is 0 Å². The number of hydrogen-bond acceptors (Lipinski definition) is 2. The molecule has 0 saturated heterocycles. The summed E-state index contributed by atoms with van der Waals surface area (Å²) in [6.45, 7) is 0. The average Bonchev–Trinajstić information content (AvgIpc) is 3.90. The molecule has 1 heterocycles. The van der Waals surface area contributed by atoms with Crippen LogP contribution in [0.5, 0.6) is 0 Å². The van der Waals surface area contributed by atoms with Gasteiger partial charge in [-0.25, -0.2) is 0 Å². The number of para-hydroxylation sites is 1. The third-order valence-corrected chi connectivity index (χ3v) is 13.4. The number of nitrogens with zero attached hydrogens (tertiary/aromatic N) is 1. The summed E-state index contributed by atoms with van der Waals surface area (Å²) in [6.07, 6.45) is 0. The molecule has 0 atom stereocenters. The van der Waals surface area contributed by atoms with Gasteiger partial charge in [-0.3, -0.25) is 0 Å². The van der Waals surface area contributed by atoms with Gasteiger partial charge in [0.25, 0.3) is 0 Å². The van der Waals surface area contributed by atoms with Gasteiger partial charge < -0.3 is 4.90 Å². The van der Waals surface area contributed by atoms with Crippen LogP contribution < -0.4 is 4.90 Å². The molecule has 0 radical (unpaired) electrons. The van der Waals surface area contributed by atoms with E-state index in [1.807, 2.05) is 11.3 Å². The molecule has 0 aliphatic heterocycles. The van der Waals surface area contributed by atoms with Gasteiger partial charge in [-0.1, -0.05) is 164 Å². The van der Waals surface area contributed by atoms with Crippen molar-refractivity contribution in [2.45, 2.75) is 5.41 Å². The molecular formula is C55H35NS. The van der Waals surface area contributed by atoms with Gasteiger partial charge in [0.1, 0.15) is 0 Å². The van der Waals surface area contributed by atoms with Gasteiger partial charge in [0.05, 0.1) is 11.1 Å². The summed E-state index contributed by atoms with van der Waals surface area (Å²) in [7, 11) is 0. The summed E-state index contributed by atoms with van der Waals surface area (Å²) in [5.74, 6) is 0. The van der Waals surface area contributed by atoms with Crippen molar-refractivity contribution in [3.8, 4) is 44.5 Å². The van der Waals surface area contributed by atoms with E-state index in [4.69, 9.17) is 0 Å². The average molecular weight is 742 g/mol. The van der Waals surface area contributed by atoms with Crippen molar-refractivity contribution < 1.29 is 0 Å². The minimum Gasteiger partial charge on any atom is -0.310 e. The first kappa shape index (κ1) is 32.3. The third kappa shape index (κ3) is 4.68. The SMILES string of the molecule is c1ccc(-c2ccc(N(c3ccc4sc5cc6c(cc5c4c3)-c3ccccc3C63c4ccccc4-c4ccccc43)c3ccccc3-c3ccccc3)cc2)cc1. The molecule has 1 nitrogen and oxygen atoms in total. The molecule has 266 valence electrons. The first-order valence-corrected chi connectivity index (χ1v) is 20.5. The first-order chi connectivity index (χ1) is 28.3. The minimum atomic E-state index is -0.349. The van der Waals surface area contributed by atoms with E-state index in [1.54, 1.807) is 0 Å². The second kappa shape index (κ2) is 12.5. The fourth-order valence-electron chi connectivity index (χ4n) is 9.88. The van der Waals surface area contributed by atoms with E-state index < -0.39 is 0 Å². The van der Waals surface area contributed by atoms with Crippen molar-refractivity contribution in [3.63, 3.8) is 0 Å². The summed E-state index contributed by atoms with van der Waals surface area (Å²) in [5.41, 5.74) is 18.7. The minimum absolute atomic E-state index is 0.349. The van der Waals surface area contributed by atoms with Crippen molar-refractivity contribution in [1.29, 1.82) is 0 Å². The smallest absolute Gasteiger partial charge is 0.0726 e. The number of rotatable bonds is 5. The molecule has 2 aliphatic rings. The second-order valence-electron chi connectivity index (χ2n) is 15.2. The topological polar surface area (TPSA) is 3.24 Å². The monoisotopic (exact) mass is 741 g/mol. The highest BCUT2D eigenvalue weighted by molar-refractivity contribution is 7.25. The molecule has 12 rings (SSSR count). The Kier molecular flexibility index (Phi) is 7.08. The molecule has 0 bridgehead atoms. The molecule has 0 unspecified atom stereocenters. The lowest BCUT2D eigenvalue weighted by Gasteiger charge is -2.30. The third-order valence-electron chi connectivity index (χ3n) is 12.3. The maximum Gasteiger partial charge on any atom is 0.0726 e. The van der Waals surface area contributed by atoms with E-state index in [2.05, 4.69) is 217 Å². The lowest BCUT2D eigenvalue weighted by Crippen LogP contribution is -2.25. The fourth-order valence-corrected chi connectivity index (χ4v) is 11.0. The summed E-state index contributed by atoms with van der Waals surface area (Å²) >= 11 is 1.90. The van der Waals surface area contributed by atoms with Crippen molar-refractivity contribution in [2.75, 3.05) is 4.90 Å². The highest BCUT2D eigenvalue weighted by Crippen LogP contribution is 2.63. The van der Waals surface area contributed by atoms with Crippen LogP contribution in [-0.4, -0.2) is 0 Å². The largest absolute Gasteiger partial charge is 0.310 e. The molecular weight excluding hydrogens is 707 g/mol. The highest BCUT2D eigenvalue weighted by Gasteiger charge is 2.51. The van der Waals surface area contributed by atoms with E-state index in [-0.39, 0.29) is 5.41 Å². The van der Waals surface area contributed by atoms with Crippen LogP contribution >= 0.6 is 11.3 Å². The molecule has 9 aromatic carbocycles. The number of anilines is 3. The van der Waals surface area contributed by atoms with Gasteiger partial charge in [0, 0.05) is 37.1 Å². The molecule has 2 heteroatoms. The fraction of sp³-hybridized carbons (Fsp3) is 0.0182. The van der Waals surface area contributed by atoms with Gasteiger partial charge in [0.15, 0.2) is 0 Å². The zero-order chi connectivity index (χ0) is 37.5. The van der Waals surface area contributed by atoms with E-state index >= 15 is 0 Å². The zero-order valence-corrected chi connectivity index (χ0v) is 31.9. The highest BCUT2D eigenvalue weighted by atomic mass is 32.1. The summed E-state index contributed by atoms with van der Waals surface area (Å²) in [5, 5.41) is 2.58. The van der Waals surface area contributed by atoms with Crippen LogP contribution in [0.2, 0.25) is 0 Å². The summed E-state index contributed by atoms with van der Waals surface area (Å²) in [4.78, 5) is 2.43. The standard InChI is InChI=1S/C55H35NS/c1-3-15-36(16-4-1)37-27-29-39(30-28-37)56(52-26-14-10-19-41(52)38-17-5-2-6-18-38)40-31-32-53-46(33-40)47-34-45-44-22-9-13-25-50(44)55(51(45)35-54(47)57-53)48-23-11-7-20-42(48)43-21-8-12-24-49(43)55/h1-35H. The zero-order valence-electron chi connectivity index (χ0n) is 31.1. The van der Waals surface area contributed by atoms with Crippen molar-refractivity contribution in [3.05, 3.63) is 235 Å². The number of hydrogen-bond donors (Lipinski definition) is 0. The number of benzene rings is 9. The molecule has 0 N–H and O–H groups in total. The lowest BCUT2D eigenvalue weighted by atomic mass is 9.70. The van der Waals surface area contributed by atoms with Crippen LogP contribution in [0, 0.1) is 0 Å². The Labute approximate surface area is 336 Å². The van der Waals surface area contributed by atoms with Crippen molar-refractivity contribution in [2.24, 2.45) is 0 Å². The Morgan fingerprint density at radius 2 is 0.807 bits per heavy atom. The molecule has 10 aromatic rings. The Morgan fingerprint density at radius 1 is 0.316 bits per heavy atom. The van der Waals surface area contributed by atoms with Crippen LogP contribution in [0.3, 0.4) is 0 Å². The lowest BCUT2D eigenvalue weighted by molar-refractivity contribution is 0.795. The normalized spacial score (nSPS) is 13.1. The number of fused-ring (bicyclic) bond motifs is 13. The Balaban J connectivity index is 1.08. The maximum absolute atomic E-state index is 2.53. The van der Waals surface area contributed by atoms with Crippen LogP contribution in [-0.2, 0) is 5.41 Å². The van der Waals surface area contributed by atoms with E-state index in [9.17, 15) is 0 Å². The Bertz CT molecular complexity index is 3130. The Hall–Kier alpha value is -7.00. The van der Waals surface area contributed by atoms with Crippen LogP contribution in [0.25, 0.3) is 64.7 Å². The molecule has 1 spiro atoms. The predicted octanol–water partition coefficient (Wildman–Crippen LogP) is 15.2. The van der Waals surface area contributed by atoms with Gasteiger partial charge in [-0.15, -0.1) is 11.3 Å². The Morgan fingerprint density at radius 3 is 1.46 bits per heavy atom. The van der Waals surface area contributed by atoms with Crippen LogP contribution in [0.1, 0.15) is 22.3 Å². The molecule has 2 aliphatic carbocycles. The molecule has 0 saturated carbocycles. The van der Waals surface area contributed by atoms with Gasteiger partial charge in [-0.05, 0) is 110 Å². The quantitative estimate of drug-likeness (QED) is 0.170. The molecule has 1 aromatic heterocycles. The summed E-state index contributed by atoms with van der Waals surface area (Å²) in [6, 6.07) is 78.5. The van der Waals surface area contributed by atoms with E-state index in [0.29, 0.717) is 0 Å². The number of thiophene rings is 1. The van der Waals surface area contributed by atoms with Gasteiger partial charge in [-0.2, -0.15) is 0 Å². The molecule has 0 fully saturated rings. The van der Waals surface area contributed by atoms with Crippen LogP contribution in [0.15, 0.2) is 212 Å².